The van der Waals surface area contributed by atoms with E-state index in [1.54, 1.807) is 13.2 Å². The quantitative estimate of drug-likeness (QED) is 0.911. The van der Waals surface area contributed by atoms with Gasteiger partial charge in [-0.2, -0.15) is 0 Å². The van der Waals surface area contributed by atoms with Crippen LogP contribution in [0.5, 0.6) is 11.5 Å². The van der Waals surface area contributed by atoms with Crippen molar-refractivity contribution in [2.24, 2.45) is 5.73 Å². The normalized spacial score (nSPS) is 20.6. The van der Waals surface area contributed by atoms with Gasteiger partial charge in [0.15, 0.2) is 0 Å². The van der Waals surface area contributed by atoms with Crippen LogP contribution in [0.3, 0.4) is 0 Å². The van der Waals surface area contributed by atoms with Gasteiger partial charge in [0, 0.05) is 23.0 Å². The number of fused-ring (bicyclic) bond motifs is 1. The molecule has 0 saturated carbocycles. The van der Waals surface area contributed by atoms with Gasteiger partial charge in [0.1, 0.15) is 23.4 Å². The van der Waals surface area contributed by atoms with Crippen molar-refractivity contribution in [1.29, 1.82) is 0 Å². The van der Waals surface area contributed by atoms with Gasteiger partial charge in [-0.1, -0.05) is 11.6 Å². The van der Waals surface area contributed by atoms with E-state index in [0.29, 0.717) is 22.8 Å². The maximum atomic E-state index is 13.5. The summed E-state index contributed by atoms with van der Waals surface area (Å²) in [6.07, 6.45) is 0.244. The van der Waals surface area contributed by atoms with Gasteiger partial charge in [0.05, 0.1) is 7.11 Å². The van der Waals surface area contributed by atoms with E-state index < -0.39 is 0 Å². The zero-order valence-electron chi connectivity index (χ0n) is 11.5. The van der Waals surface area contributed by atoms with Crippen molar-refractivity contribution in [3.05, 3.63) is 58.4 Å². The standard InChI is InChI=1S/C16H15ClFNO2/c1-20-12-2-3-15-13(7-12)14(19)8-16(21-15)9-4-10(17)6-11(18)5-9/h2-7,14,16H,8,19H2,1H3. The molecule has 2 N–H and O–H groups in total. The van der Waals surface area contributed by atoms with Gasteiger partial charge in [0.2, 0.25) is 0 Å². The summed E-state index contributed by atoms with van der Waals surface area (Å²) in [4.78, 5) is 0. The average Bonchev–Trinajstić information content (AvgIpc) is 2.46. The maximum absolute atomic E-state index is 13.5. The highest BCUT2D eigenvalue weighted by molar-refractivity contribution is 6.30. The van der Waals surface area contributed by atoms with Crippen molar-refractivity contribution < 1.29 is 13.9 Å². The van der Waals surface area contributed by atoms with E-state index in [-0.39, 0.29) is 18.0 Å². The Morgan fingerprint density at radius 3 is 2.81 bits per heavy atom. The third kappa shape index (κ3) is 2.82. The lowest BCUT2D eigenvalue weighted by atomic mass is 9.93. The van der Waals surface area contributed by atoms with Crippen molar-refractivity contribution >= 4 is 11.6 Å². The van der Waals surface area contributed by atoms with Gasteiger partial charge in [-0.15, -0.1) is 0 Å². The fraction of sp³-hybridized carbons (Fsp3) is 0.250. The Morgan fingerprint density at radius 2 is 2.10 bits per heavy atom. The molecule has 0 radical (unpaired) electrons. The van der Waals surface area contributed by atoms with E-state index in [1.165, 1.54) is 12.1 Å². The van der Waals surface area contributed by atoms with Crippen molar-refractivity contribution in [2.75, 3.05) is 7.11 Å². The molecule has 0 amide bonds. The molecular weight excluding hydrogens is 293 g/mol. The minimum atomic E-state index is -0.379. The number of benzene rings is 2. The predicted octanol–water partition coefficient (Wildman–Crippen LogP) is 4.01. The molecule has 2 atom stereocenters. The van der Waals surface area contributed by atoms with E-state index in [0.717, 1.165) is 11.3 Å². The molecule has 3 nitrogen and oxygen atoms in total. The second-order valence-electron chi connectivity index (χ2n) is 5.06. The summed E-state index contributed by atoms with van der Waals surface area (Å²) >= 11 is 5.90. The molecule has 0 bridgehead atoms. The average molecular weight is 308 g/mol. The molecule has 0 aliphatic carbocycles. The van der Waals surface area contributed by atoms with Crippen LogP contribution in [-0.4, -0.2) is 7.11 Å². The monoisotopic (exact) mass is 307 g/mol. The third-order valence-electron chi connectivity index (χ3n) is 3.61. The third-order valence-corrected chi connectivity index (χ3v) is 3.83. The van der Waals surface area contributed by atoms with Crippen LogP contribution in [0.25, 0.3) is 0 Å². The molecule has 2 aromatic rings. The summed E-state index contributed by atoms with van der Waals surface area (Å²) in [6.45, 7) is 0. The molecule has 0 fully saturated rings. The summed E-state index contributed by atoms with van der Waals surface area (Å²) in [5, 5.41) is 0.350. The number of methoxy groups -OCH3 is 1. The number of rotatable bonds is 2. The van der Waals surface area contributed by atoms with Gasteiger partial charge in [-0.3, -0.25) is 0 Å². The van der Waals surface area contributed by atoms with E-state index in [9.17, 15) is 4.39 Å². The van der Waals surface area contributed by atoms with Crippen molar-refractivity contribution in [1.82, 2.24) is 0 Å². The first kappa shape index (κ1) is 14.2. The van der Waals surface area contributed by atoms with Crippen molar-refractivity contribution in [2.45, 2.75) is 18.6 Å². The molecule has 1 heterocycles. The van der Waals surface area contributed by atoms with Gasteiger partial charge in [-0.05, 0) is 42.0 Å². The highest BCUT2D eigenvalue weighted by Gasteiger charge is 2.28. The van der Waals surface area contributed by atoms with Crippen LogP contribution in [0.4, 0.5) is 4.39 Å². The van der Waals surface area contributed by atoms with Crippen LogP contribution in [-0.2, 0) is 0 Å². The molecular formula is C16H15ClFNO2. The Morgan fingerprint density at radius 1 is 1.29 bits per heavy atom. The molecule has 0 aromatic heterocycles. The molecule has 0 spiro atoms. The molecule has 3 rings (SSSR count). The van der Waals surface area contributed by atoms with Crippen LogP contribution >= 0.6 is 11.6 Å². The van der Waals surface area contributed by atoms with Crippen LogP contribution in [0.1, 0.15) is 29.7 Å². The fourth-order valence-electron chi connectivity index (χ4n) is 2.57. The number of halogens is 2. The topological polar surface area (TPSA) is 44.5 Å². The molecule has 0 saturated heterocycles. The van der Waals surface area contributed by atoms with E-state index in [4.69, 9.17) is 26.8 Å². The highest BCUT2D eigenvalue weighted by Crippen LogP contribution is 2.41. The van der Waals surface area contributed by atoms with E-state index in [2.05, 4.69) is 0 Å². The van der Waals surface area contributed by atoms with Crippen LogP contribution in [0, 0.1) is 5.82 Å². The van der Waals surface area contributed by atoms with Gasteiger partial charge < -0.3 is 15.2 Å². The molecule has 2 unspecified atom stereocenters. The van der Waals surface area contributed by atoms with E-state index >= 15 is 0 Å². The maximum Gasteiger partial charge on any atom is 0.126 e. The summed E-state index contributed by atoms with van der Waals surface area (Å²) in [6, 6.07) is 9.71. The second-order valence-corrected chi connectivity index (χ2v) is 5.49. The van der Waals surface area contributed by atoms with Gasteiger partial charge in [-0.25, -0.2) is 4.39 Å². The Balaban J connectivity index is 1.94. The zero-order valence-corrected chi connectivity index (χ0v) is 12.2. The lowest BCUT2D eigenvalue weighted by Crippen LogP contribution is -2.24. The zero-order chi connectivity index (χ0) is 15.0. The lowest BCUT2D eigenvalue weighted by molar-refractivity contribution is 0.161. The molecule has 5 heteroatoms. The summed E-state index contributed by atoms with van der Waals surface area (Å²) in [7, 11) is 1.61. The lowest BCUT2D eigenvalue weighted by Gasteiger charge is -2.31. The molecule has 1 aliphatic heterocycles. The number of ether oxygens (including phenoxy) is 2. The fourth-order valence-corrected chi connectivity index (χ4v) is 2.80. The molecule has 1 aliphatic rings. The van der Waals surface area contributed by atoms with Gasteiger partial charge >= 0.3 is 0 Å². The summed E-state index contributed by atoms with van der Waals surface area (Å²) in [5.41, 5.74) is 7.80. The van der Waals surface area contributed by atoms with E-state index in [1.807, 2.05) is 18.2 Å². The number of hydrogen-bond donors (Lipinski definition) is 1. The number of nitrogens with two attached hydrogens (primary N) is 1. The van der Waals surface area contributed by atoms with Crippen molar-refractivity contribution in [3.63, 3.8) is 0 Å². The SMILES string of the molecule is COc1ccc2c(c1)C(N)CC(c1cc(F)cc(Cl)c1)O2. The van der Waals surface area contributed by atoms with Crippen LogP contribution in [0.15, 0.2) is 36.4 Å². The van der Waals surface area contributed by atoms with Crippen molar-refractivity contribution in [3.8, 4) is 11.5 Å². The Bertz CT molecular complexity index is 657. The molecule has 2 aromatic carbocycles. The highest BCUT2D eigenvalue weighted by atomic mass is 35.5. The molecule has 21 heavy (non-hydrogen) atoms. The molecule has 110 valence electrons. The second kappa shape index (κ2) is 5.54. The first-order valence-electron chi connectivity index (χ1n) is 6.63. The Kier molecular flexibility index (Phi) is 3.74. The number of hydrogen-bond acceptors (Lipinski definition) is 3. The van der Waals surface area contributed by atoms with Crippen LogP contribution in [0.2, 0.25) is 5.02 Å². The Labute approximate surface area is 127 Å². The largest absolute Gasteiger partial charge is 0.497 e. The minimum Gasteiger partial charge on any atom is -0.497 e. The summed E-state index contributed by atoms with van der Waals surface area (Å²) in [5.74, 6) is 1.05. The van der Waals surface area contributed by atoms with Crippen LogP contribution < -0.4 is 15.2 Å². The predicted molar refractivity (Wildman–Crippen MR) is 79.3 cm³/mol. The Hall–Kier alpha value is -1.78. The first-order chi connectivity index (χ1) is 10.1. The first-order valence-corrected chi connectivity index (χ1v) is 7.01. The minimum absolute atomic E-state index is 0.198. The summed E-state index contributed by atoms with van der Waals surface area (Å²) < 4.78 is 24.6. The smallest absolute Gasteiger partial charge is 0.126 e. The van der Waals surface area contributed by atoms with Gasteiger partial charge in [0.25, 0.3) is 0 Å².